The van der Waals surface area contributed by atoms with E-state index < -0.39 is 11.9 Å². The van der Waals surface area contributed by atoms with Crippen LogP contribution in [0, 0.1) is 7.14 Å². The topological polar surface area (TPSA) is 87.7 Å². The van der Waals surface area contributed by atoms with Crippen molar-refractivity contribution in [2.45, 2.75) is 0 Å². The van der Waals surface area contributed by atoms with Crippen LogP contribution in [0.15, 0.2) is 36.4 Å². The predicted octanol–water partition coefficient (Wildman–Crippen LogP) is 4.14. The molecule has 0 fully saturated rings. The molecule has 2 rings (SSSR count). The van der Waals surface area contributed by atoms with Gasteiger partial charge in [0, 0.05) is 12.2 Å². The van der Waals surface area contributed by atoms with Crippen LogP contribution in [-0.2, 0) is 4.79 Å². The Bertz CT molecular complexity index is 862. The molecule has 0 aliphatic carbocycles. The Morgan fingerprint density at radius 1 is 1.19 bits per heavy atom. The first kappa shape index (κ1) is 21.1. The van der Waals surface area contributed by atoms with Gasteiger partial charge in [-0.05, 0) is 93.8 Å². The van der Waals surface area contributed by atoms with E-state index in [1.54, 1.807) is 30.3 Å². The summed E-state index contributed by atoms with van der Waals surface area (Å²) in [6, 6.07) is 9.88. The third kappa shape index (κ3) is 6.21. The molecule has 0 aliphatic heterocycles. The van der Waals surface area contributed by atoms with E-state index in [1.165, 1.54) is 6.07 Å². The Morgan fingerprint density at radius 3 is 2.46 bits per heavy atom. The zero-order valence-corrected chi connectivity index (χ0v) is 18.8. The number of benzene rings is 2. The lowest BCUT2D eigenvalue weighted by atomic mass is 10.2. The molecular formula is C16H11ClI2N2O4S. The molecule has 6 nitrogen and oxygen atoms in total. The number of anilines is 1. The van der Waals surface area contributed by atoms with Gasteiger partial charge in [0.1, 0.15) is 5.75 Å². The minimum Gasteiger partial charge on any atom is -0.484 e. The SMILES string of the molecule is O=C(COc1ccc(Cl)cc1)NC(=S)Nc1c(I)cc(I)cc1C(=O)O. The molecule has 0 bridgehead atoms. The summed E-state index contributed by atoms with van der Waals surface area (Å²) in [6.07, 6.45) is 0. The lowest BCUT2D eigenvalue weighted by molar-refractivity contribution is -0.121. The van der Waals surface area contributed by atoms with Crippen LogP contribution in [0.25, 0.3) is 0 Å². The number of rotatable bonds is 5. The molecule has 0 aromatic heterocycles. The summed E-state index contributed by atoms with van der Waals surface area (Å²) in [6.45, 7) is -0.251. The Balaban J connectivity index is 1.97. The fourth-order valence-corrected chi connectivity index (χ4v) is 4.18. The number of thiocarbonyl (C=S) groups is 1. The van der Waals surface area contributed by atoms with Gasteiger partial charge in [-0.3, -0.25) is 10.1 Å². The van der Waals surface area contributed by atoms with Crippen molar-refractivity contribution in [3.8, 4) is 5.75 Å². The number of carboxylic acid groups (broad SMARTS) is 1. The van der Waals surface area contributed by atoms with Crippen molar-refractivity contribution < 1.29 is 19.4 Å². The van der Waals surface area contributed by atoms with Gasteiger partial charge in [-0.25, -0.2) is 4.79 Å². The summed E-state index contributed by atoms with van der Waals surface area (Å²) < 4.78 is 6.77. The monoisotopic (exact) mass is 616 g/mol. The fourth-order valence-electron chi connectivity index (χ4n) is 1.86. The molecule has 3 N–H and O–H groups in total. The van der Waals surface area contributed by atoms with Crippen LogP contribution in [-0.4, -0.2) is 28.7 Å². The van der Waals surface area contributed by atoms with Gasteiger partial charge >= 0.3 is 5.97 Å². The zero-order chi connectivity index (χ0) is 19.3. The highest BCUT2D eigenvalue weighted by atomic mass is 127. The lowest BCUT2D eigenvalue weighted by Crippen LogP contribution is -2.37. The van der Waals surface area contributed by atoms with E-state index in [-0.39, 0.29) is 17.3 Å². The molecule has 0 saturated heterocycles. The Kier molecular flexibility index (Phi) is 7.85. The lowest BCUT2D eigenvalue weighted by Gasteiger charge is -2.14. The third-order valence-electron chi connectivity index (χ3n) is 2.96. The van der Waals surface area contributed by atoms with Crippen molar-refractivity contribution in [1.29, 1.82) is 0 Å². The van der Waals surface area contributed by atoms with Crippen LogP contribution in [0.5, 0.6) is 5.75 Å². The van der Waals surface area contributed by atoms with Crippen molar-refractivity contribution in [1.82, 2.24) is 5.32 Å². The molecule has 2 aromatic carbocycles. The second kappa shape index (κ2) is 9.67. The van der Waals surface area contributed by atoms with Crippen molar-refractivity contribution in [2.24, 2.45) is 0 Å². The first-order valence-electron chi connectivity index (χ1n) is 6.98. The summed E-state index contributed by atoms with van der Waals surface area (Å²) in [5.41, 5.74) is 0.387. The maximum absolute atomic E-state index is 11.9. The van der Waals surface area contributed by atoms with Crippen LogP contribution < -0.4 is 15.4 Å². The van der Waals surface area contributed by atoms with Gasteiger partial charge in [-0.15, -0.1) is 0 Å². The number of ether oxygens (including phenoxy) is 1. The van der Waals surface area contributed by atoms with Crippen molar-refractivity contribution in [2.75, 3.05) is 11.9 Å². The van der Waals surface area contributed by atoms with Gasteiger partial charge in [-0.1, -0.05) is 11.6 Å². The summed E-state index contributed by atoms with van der Waals surface area (Å²) in [7, 11) is 0. The fraction of sp³-hybridized carbons (Fsp3) is 0.0625. The molecule has 26 heavy (non-hydrogen) atoms. The molecular weight excluding hydrogens is 606 g/mol. The standard InChI is InChI=1S/C16H11ClI2N2O4S/c17-8-1-3-10(4-2-8)25-7-13(22)20-16(26)21-14-11(15(23)24)5-9(18)6-12(14)19/h1-6H,7H2,(H,23,24)(H2,20,21,22,26). The van der Waals surface area contributed by atoms with E-state index in [9.17, 15) is 14.7 Å². The third-order valence-corrected chi connectivity index (χ3v) is 4.89. The number of amides is 1. The molecule has 0 saturated carbocycles. The highest BCUT2D eigenvalue weighted by Gasteiger charge is 2.16. The van der Waals surface area contributed by atoms with Crippen molar-refractivity contribution in [3.63, 3.8) is 0 Å². The van der Waals surface area contributed by atoms with E-state index in [0.717, 1.165) is 3.57 Å². The van der Waals surface area contributed by atoms with Crippen LogP contribution >= 0.6 is 69.0 Å². The molecule has 2 aromatic rings. The summed E-state index contributed by atoms with van der Waals surface area (Å²) in [5, 5.41) is 15.1. The van der Waals surface area contributed by atoms with Gasteiger partial charge in [0.25, 0.3) is 5.91 Å². The average molecular weight is 617 g/mol. The van der Waals surface area contributed by atoms with E-state index in [1.807, 2.05) is 45.2 Å². The Hall–Kier alpha value is -1.18. The highest BCUT2D eigenvalue weighted by Crippen LogP contribution is 2.26. The Morgan fingerprint density at radius 2 is 1.85 bits per heavy atom. The zero-order valence-electron chi connectivity index (χ0n) is 12.9. The molecule has 0 spiro atoms. The van der Waals surface area contributed by atoms with Crippen molar-refractivity contribution in [3.05, 3.63) is 54.1 Å². The summed E-state index contributed by atoms with van der Waals surface area (Å²) >= 11 is 14.9. The number of carboxylic acids is 1. The first-order chi connectivity index (χ1) is 12.3. The highest BCUT2D eigenvalue weighted by molar-refractivity contribution is 14.1. The predicted molar refractivity (Wildman–Crippen MR) is 120 cm³/mol. The van der Waals surface area contributed by atoms with Gasteiger partial charge in [0.15, 0.2) is 11.7 Å². The summed E-state index contributed by atoms with van der Waals surface area (Å²) in [5.74, 6) is -1.08. The van der Waals surface area contributed by atoms with E-state index >= 15 is 0 Å². The number of halogens is 3. The minimum atomic E-state index is -1.09. The summed E-state index contributed by atoms with van der Waals surface area (Å²) in [4.78, 5) is 23.3. The van der Waals surface area contributed by atoms with E-state index in [0.29, 0.717) is 20.0 Å². The van der Waals surface area contributed by atoms with Gasteiger partial charge in [0.05, 0.1) is 11.3 Å². The normalized spacial score (nSPS) is 10.1. The average Bonchev–Trinajstić information content (AvgIpc) is 2.56. The van der Waals surface area contributed by atoms with Crippen LogP contribution in [0.3, 0.4) is 0 Å². The number of aromatic carboxylic acids is 1. The van der Waals surface area contributed by atoms with Crippen molar-refractivity contribution >= 4 is 91.7 Å². The number of hydrogen-bond donors (Lipinski definition) is 3. The minimum absolute atomic E-state index is 0.0173. The molecule has 0 heterocycles. The quantitative estimate of drug-likeness (QED) is 0.346. The molecule has 10 heteroatoms. The second-order valence-electron chi connectivity index (χ2n) is 4.86. The first-order valence-corrected chi connectivity index (χ1v) is 9.92. The largest absolute Gasteiger partial charge is 0.484 e. The molecule has 0 unspecified atom stereocenters. The number of carbonyl (C=O) groups is 2. The van der Waals surface area contributed by atoms with Crippen LogP contribution in [0.1, 0.15) is 10.4 Å². The van der Waals surface area contributed by atoms with Crippen LogP contribution in [0.4, 0.5) is 5.69 Å². The molecule has 0 atom stereocenters. The van der Waals surface area contributed by atoms with E-state index in [4.69, 9.17) is 28.6 Å². The van der Waals surface area contributed by atoms with Gasteiger partial charge in [-0.2, -0.15) is 0 Å². The Labute approximate surface area is 186 Å². The molecule has 1 amide bonds. The molecule has 0 radical (unpaired) electrons. The van der Waals surface area contributed by atoms with E-state index in [2.05, 4.69) is 10.6 Å². The second-order valence-corrected chi connectivity index (χ2v) is 8.11. The molecule has 0 aliphatic rings. The number of nitrogens with one attached hydrogen (secondary N) is 2. The van der Waals surface area contributed by atoms with Gasteiger partial charge < -0.3 is 15.2 Å². The maximum atomic E-state index is 11.9. The van der Waals surface area contributed by atoms with Crippen LogP contribution in [0.2, 0.25) is 5.02 Å². The molecule has 136 valence electrons. The smallest absolute Gasteiger partial charge is 0.337 e. The number of carbonyl (C=O) groups excluding carboxylic acids is 1. The number of hydrogen-bond acceptors (Lipinski definition) is 4. The van der Waals surface area contributed by atoms with Gasteiger partial charge in [0.2, 0.25) is 0 Å². The maximum Gasteiger partial charge on any atom is 0.337 e.